The van der Waals surface area contributed by atoms with E-state index in [1.54, 1.807) is 18.3 Å². The van der Waals surface area contributed by atoms with Crippen molar-refractivity contribution in [2.45, 2.75) is 57.4 Å². The van der Waals surface area contributed by atoms with Crippen LogP contribution in [-0.4, -0.2) is 30.0 Å². The second-order valence-corrected chi connectivity index (χ2v) is 9.54. The standard InChI is InChI=1S/C28H33N5O4/c1-37-28(36)31-21-10-11-22-20-13-15-30-25(16-20)23(4-2-3-5-26(34)32-24(22)17-21)33-27(35)19-8-6-18(7-9-19)12-14-29/h10-11,13,15-19,23H,2-9,29H2,1H3,(H,31,36)(H,32,34)(H,33,35)/t18?,19?,23-/m0/s1. The first-order chi connectivity index (χ1) is 18.0. The van der Waals surface area contributed by atoms with Gasteiger partial charge >= 0.3 is 6.09 Å². The summed E-state index contributed by atoms with van der Waals surface area (Å²) >= 11 is 0. The average molecular weight is 504 g/mol. The molecule has 1 aromatic heterocycles. The molecule has 1 aromatic carbocycles. The molecule has 5 N–H and O–H groups in total. The summed E-state index contributed by atoms with van der Waals surface area (Å²) < 4.78 is 4.68. The molecule has 2 heterocycles. The third-order valence-electron chi connectivity index (χ3n) is 7.02. The predicted molar refractivity (Wildman–Crippen MR) is 141 cm³/mol. The molecule has 9 nitrogen and oxygen atoms in total. The van der Waals surface area contributed by atoms with Gasteiger partial charge in [-0.25, -0.2) is 4.79 Å². The first-order valence-corrected chi connectivity index (χ1v) is 12.7. The lowest BCUT2D eigenvalue weighted by Crippen LogP contribution is -2.36. The van der Waals surface area contributed by atoms with Crippen molar-refractivity contribution in [1.82, 2.24) is 10.3 Å². The molecule has 9 heteroatoms. The van der Waals surface area contributed by atoms with Crippen molar-refractivity contribution in [3.63, 3.8) is 0 Å². The third kappa shape index (κ3) is 6.79. The molecule has 0 unspecified atom stereocenters. The number of nitrogens with zero attached hydrogens (tertiary/aromatic N) is 1. The summed E-state index contributed by atoms with van der Waals surface area (Å²) in [6.45, 7) is 0. The van der Waals surface area contributed by atoms with E-state index >= 15 is 0 Å². The Labute approximate surface area is 216 Å². The first kappa shape index (κ1) is 26.0. The van der Waals surface area contributed by atoms with Crippen molar-refractivity contribution < 1.29 is 19.1 Å². The number of amides is 3. The van der Waals surface area contributed by atoms with Crippen molar-refractivity contribution in [3.8, 4) is 23.1 Å². The minimum atomic E-state index is -0.593. The summed E-state index contributed by atoms with van der Waals surface area (Å²) in [6.07, 6.45) is 6.94. The second-order valence-electron chi connectivity index (χ2n) is 9.54. The number of anilines is 2. The number of methoxy groups -OCH3 is 1. The van der Waals surface area contributed by atoms with E-state index in [-0.39, 0.29) is 29.7 Å². The number of rotatable bonds is 3. The molecule has 1 atom stereocenters. The van der Waals surface area contributed by atoms with Crippen LogP contribution in [0.15, 0.2) is 36.5 Å². The van der Waals surface area contributed by atoms with Gasteiger partial charge in [-0.1, -0.05) is 18.4 Å². The van der Waals surface area contributed by atoms with E-state index in [0.717, 1.165) is 48.9 Å². The van der Waals surface area contributed by atoms with Crippen LogP contribution in [0, 0.1) is 23.8 Å². The SMILES string of the molecule is COC(=O)Nc1ccc2c(c1)NC(=O)CCCC[C@H](NC(=O)C1CCC(C#CN)CC1)c1cc-2ccn1. The quantitative estimate of drug-likeness (QED) is 0.364. The van der Waals surface area contributed by atoms with Gasteiger partial charge in [0.2, 0.25) is 11.8 Å². The normalized spacial score (nSPS) is 21.4. The lowest BCUT2D eigenvalue weighted by Gasteiger charge is -2.27. The zero-order chi connectivity index (χ0) is 26.2. The van der Waals surface area contributed by atoms with Crippen LogP contribution in [0.25, 0.3) is 11.1 Å². The summed E-state index contributed by atoms with van der Waals surface area (Å²) in [7, 11) is 1.29. The monoisotopic (exact) mass is 503 g/mol. The molecule has 3 amide bonds. The van der Waals surface area contributed by atoms with Crippen molar-refractivity contribution in [3.05, 3.63) is 42.2 Å². The number of nitrogens with one attached hydrogen (secondary N) is 3. The van der Waals surface area contributed by atoms with E-state index in [0.29, 0.717) is 30.6 Å². The van der Waals surface area contributed by atoms with Gasteiger partial charge in [0.05, 0.1) is 24.5 Å². The van der Waals surface area contributed by atoms with Crippen molar-refractivity contribution in [1.29, 1.82) is 0 Å². The fraction of sp³-hybridized carbons (Fsp3) is 0.429. The number of hydrogen-bond donors (Lipinski definition) is 4. The largest absolute Gasteiger partial charge is 0.453 e. The molecule has 0 saturated heterocycles. The highest BCUT2D eigenvalue weighted by molar-refractivity contribution is 5.97. The molecule has 2 aromatic rings. The van der Waals surface area contributed by atoms with Crippen LogP contribution in [0.1, 0.15) is 63.1 Å². The van der Waals surface area contributed by atoms with Gasteiger partial charge in [-0.05, 0) is 68.4 Å². The molecule has 37 heavy (non-hydrogen) atoms. The van der Waals surface area contributed by atoms with Gasteiger partial charge in [-0.3, -0.25) is 19.9 Å². The van der Waals surface area contributed by atoms with Gasteiger partial charge in [-0.15, -0.1) is 0 Å². The smallest absolute Gasteiger partial charge is 0.411 e. The minimum absolute atomic E-state index is 0.0418. The third-order valence-corrected chi connectivity index (χ3v) is 7.02. The van der Waals surface area contributed by atoms with E-state index in [4.69, 9.17) is 5.73 Å². The number of fused-ring (bicyclic) bond motifs is 4. The Balaban J connectivity index is 1.59. The lowest BCUT2D eigenvalue weighted by atomic mass is 9.82. The van der Waals surface area contributed by atoms with Gasteiger partial charge in [0, 0.05) is 41.7 Å². The number of aromatic nitrogens is 1. The Kier molecular flexibility index (Phi) is 8.62. The summed E-state index contributed by atoms with van der Waals surface area (Å²) in [6, 6.07) is 11.4. The zero-order valence-corrected chi connectivity index (χ0v) is 21.0. The van der Waals surface area contributed by atoms with Gasteiger partial charge in [0.1, 0.15) is 0 Å². The molecule has 0 spiro atoms. The summed E-state index contributed by atoms with van der Waals surface area (Å²) in [5, 5.41) is 8.86. The lowest BCUT2D eigenvalue weighted by molar-refractivity contribution is -0.127. The fourth-order valence-corrected chi connectivity index (χ4v) is 5.00. The predicted octanol–water partition coefficient (Wildman–Crippen LogP) is 4.32. The zero-order valence-electron chi connectivity index (χ0n) is 21.0. The first-order valence-electron chi connectivity index (χ1n) is 12.7. The second kappa shape index (κ2) is 12.3. The molecular formula is C28H33N5O4. The number of carbonyl (C=O) groups excluding carboxylic acids is 3. The molecule has 0 radical (unpaired) electrons. The van der Waals surface area contributed by atoms with Crippen LogP contribution in [0.3, 0.4) is 0 Å². The fourth-order valence-electron chi connectivity index (χ4n) is 5.00. The van der Waals surface area contributed by atoms with Crippen molar-refractivity contribution in [2.75, 3.05) is 17.7 Å². The number of hydrogen-bond acceptors (Lipinski definition) is 6. The molecule has 2 aliphatic rings. The topological polar surface area (TPSA) is 135 Å². The Morgan fingerprint density at radius 1 is 1.11 bits per heavy atom. The molecular weight excluding hydrogens is 470 g/mol. The van der Waals surface area contributed by atoms with E-state index in [1.165, 1.54) is 7.11 Å². The molecule has 1 fully saturated rings. The van der Waals surface area contributed by atoms with E-state index in [9.17, 15) is 14.4 Å². The van der Waals surface area contributed by atoms with Gasteiger partial charge in [0.25, 0.3) is 0 Å². The van der Waals surface area contributed by atoms with E-state index < -0.39 is 6.09 Å². The molecule has 1 aliphatic heterocycles. The Morgan fingerprint density at radius 2 is 1.92 bits per heavy atom. The van der Waals surface area contributed by atoms with Gasteiger partial charge in [0.15, 0.2) is 0 Å². The highest BCUT2D eigenvalue weighted by Crippen LogP contribution is 2.34. The average Bonchev–Trinajstić information content (AvgIpc) is 2.90. The van der Waals surface area contributed by atoms with Crippen LogP contribution < -0.4 is 21.7 Å². The van der Waals surface area contributed by atoms with Gasteiger partial charge < -0.3 is 21.1 Å². The maximum Gasteiger partial charge on any atom is 0.411 e. The molecule has 1 aliphatic carbocycles. The molecule has 2 bridgehead atoms. The molecule has 194 valence electrons. The molecule has 4 rings (SSSR count). The number of benzene rings is 1. The number of nitrogens with two attached hydrogens (primary N) is 1. The molecule has 1 saturated carbocycles. The Hall–Kier alpha value is -4.06. The summed E-state index contributed by atoms with van der Waals surface area (Å²) in [5.74, 6) is 3.18. The maximum atomic E-state index is 13.2. The summed E-state index contributed by atoms with van der Waals surface area (Å²) in [4.78, 5) is 42.2. The van der Waals surface area contributed by atoms with E-state index in [1.807, 2.05) is 18.2 Å². The van der Waals surface area contributed by atoms with E-state index in [2.05, 4.69) is 37.6 Å². The Morgan fingerprint density at radius 3 is 2.68 bits per heavy atom. The van der Waals surface area contributed by atoms with Gasteiger partial charge in [-0.2, -0.15) is 0 Å². The van der Waals surface area contributed by atoms with Crippen LogP contribution in [0.2, 0.25) is 0 Å². The van der Waals surface area contributed by atoms with Crippen LogP contribution in [0.5, 0.6) is 0 Å². The maximum absolute atomic E-state index is 13.2. The van der Waals surface area contributed by atoms with Crippen molar-refractivity contribution >= 4 is 29.3 Å². The van der Waals surface area contributed by atoms with Crippen LogP contribution in [-0.2, 0) is 14.3 Å². The highest BCUT2D eigenvalue weighted by atomic mass is 16.5. The summed E-state index contributed by atoms with van der Waals surface area (Å²) in [5.41, 5.74) is 8.86. The number of carbonyl (C=O) groups is 3. The number of pyridine rings is 1. The van der Waals surface area contributed by atoms with Crippen LogP contribution in [0.4, 0.5) is 16.2 Å². The minimum Gasteiger partial charge on any atom is -0.453 e. The van der Waals surface area contributed by atoms with Crippen molar-refractivity contribution in [2.24, 2.45) is 17.6 Å². The van der Waals surface area contributed by atoms with Crippen LogP contribution >= 0.6 is 0 Å². The number of ether oxygens (including phenoxy) is 1. The highest BCUT2D eigenvalue weighted by Gasteiger charge is 2.28. The Bertz CT molecular complexity index is 1210.